The van der Waals surface area contributed by atoms with E-state index in [0.29, 0.717) is 32.1 Å². The van der Waals surface area contributed by atoms with Crippen LogP contribution in [0.25, 0.3) is 0 Å². The van der Waals surface area contributed by atoms with Gasteiger partial charge in [0, 0.05) is 12.8 Å². The molecule has 1 unspecified atom stereocenters. The fourth-order valence-electron chi connectivity index (χ4n) is 5.05. The van der Waals surface area contributed by atoms with Crippen molar-refractivity contribution in [3.05, 3.63) is 97.2 Å². The molecule has 0 aromatic carbocycles. The summed E-state index contributed by atoms with van der Waals surface area (Å²) in [5, 5.41) is 38.3. The second kappa shape index (κ2) is 40.2. The van der Waals surface area contributed by atoms with Gasteiger partial charge in [0.25, 0.3) is 0 Å². The average Bonchev–Trinajstić information content (AvgIpc) is 3.21. The molecule has 59 heavy (non-hydrogen) atoms. The van der Waals surface area contributed by atoms with Gasteiger partial charge in [-0.3, -0.25) is 18.6 Å². The molecule has 0 aliphatic rings. The van der Waals surface area contributed by atoms with Crippen LogP contribution in [0.3, 0.4) is 0 Å². The lowest BCUT2D eigenvalue weighted by Gasteiger charge is -2.20. The Morgan fingerprint density at radius 2 is 1.14 bits per heavy atom. The molecule has 0 heterocycles. The molecule has 336 valence electrons. The highest BCUT2D eigenvalue weighted by molar-refractivity contribution is 7.47. The lowest BCUT2D eigenvalue weighted by atomic mass is 10.1. The third kappa shape index (κ3) is 40.0. The van der Waals surface area contributed by atoms with Crippen molar-refractivity contribution in [1.82, 2.24) is 0 Å². The Labute approximate surface area is 354 Å². The van der Waals surface area contributed by atoms with Crippen LogP contribution in [0, 0.1) is 0 Å². The molecule has 13 heteroatoms. The third-order valence-electron chi connectivity index (χ3n) is 8.40. The summed E-state index contributed by atoms with van der Waals surface area (Å²) < 4.78 is 32.5. The number of carbonyl (C=O) groups is 2. The van der Waals surface area contributed by atoms with E-state index in [1.54, 1.807) is 42.5 Å². The quantitative estimate of drug-likeness (QED) is 0.0130. The van der Waals surface area contributed by atoms with Crippen LogP contribution in [0.4, 0.5) is 0 Å². The Morgan fingerprint density at radius 1 is 0.593 bits per heavy atom. The first-order valence-electron chi connectivity index (χ1n) is 21.4. The van der Waals surface area contributed by atoms with E-state index in [1.807, 2.05) is 37.3 Å². The van der Waals surface area contributed by atoms with Crippen molar-refractivity contribution in [3.8, 4) is 0 Å². The average molecular weight is 851 g/mol. The number of allylic oxidation sites excluding steroid dienone is 12. The van der Waals surface area contributed by atoms with Crippen LogP contribution in [0.15, 0.2) is 97.2 Å². The van der Waals surface area contributed by atoms with E-state index >= 15 is 0 Å². The van der Waals surface area contributed by atoms with Crippen LogP contribution < -0.4 is 0 Å². The molecule has 0 aromatic heterocycles. The first-order chi connectivity index (χ1) is 28.5. The first-order valence-corrected chi connectivity index (χ1v) is 22.9. The molecular weight excluding hydrogens is 775 g/mol. The van der Waals surface area contributed by atoms with Gasteiger partial charge in [-0.05, 0) is 70.6 Å². The van der Waals surface area contributed by atoms with Gasteiger partial charge in [0.05, 0.1) is 32.0 Å². The Hall–Kier alpha value is -3.19. The number of hydrogen-bond donors (Lipinski definition) is 5. The summed E-state index contributed by atoms with van der Waals surface area (Å²) in [6.07, 6.45) is 41.6. The topological polar surface area (TPSA) is 189 Å². The molecule has 0 amide bonds. The lowest BCUT2D eigenvalue weighted by Crippen LogP contribution is -2.29. The molecule has 12 nitrogen and oxygen atoms in total. The van der Waals surface area contributed by atoms with Crippen LogP contribution >= 0.6 is 7.82 Å². The molecule has 0 rings (SSSR count). The van der Waals surface area contributed by atoms with Gasteiger partial charge >= 0.3 is 19.8 Å². The molecule has 0 radical (unpaired) electrons. The van der Waals surface area contributed by atoms with Gasteiger partial charge in [-0.2, -0.15) is 0 Å². The number of rotatable bonds is 38. The zero-order valence-corrected chi connectivity index (χ0v) is 36.5. The van der Waals surface area contributed by atoms with E-state index in [9.17, 15) is 34.4 Å². The Kier molecular flexibility index (Phi) is 38.1. The van der Waals surface area contributed by atoms with Crippen molar-refractivity contribution in [3.63, 3.8) is 0 Å². The smallest absolute Gasteiger partial charge is 0.462 e. The van der Waals surface area contributed by atoms with Crippen molar-refractivity contribution in [2.24, 2.45) is 0 Å². The number of aliphatic hydroxyl groups is 4. The van der Waals surface area contributed by atoms with E-state index in [2.05, 4.69) is 35.8 Å². The second-order valence-electron chi connectivity index (χ2n) is 14.0. The van der Waals surface area contributed by atoms with E-state index in [-0.39, 0.29) is 19.4 Å². The standard InChI is InChI=1S/C46H75O12P/c1-3-5-7-8-9-10-11-12-13-14-15-16-17-21-29-35-45(51)55-39-44(40-57-59(53,54)56-38-43(50)37-47)58-46(52)36-30-22-19-18-20-26-32-42(49)34-28-24-23-27-33-41(48)31-25-6-4-2/h6,9-10,12-13,19-20,22-28,33-34,41-44,47-50H,3-5,7-8,11,14-18,21,29-32,35-40H2,1-2H3,(H,53,54)/b10-9-,13-12-,22-19-,24-23-,25-6-,26-20-,33-27+,34-28+/t41-,42+,43-,44+/m0/s1. The molecule has 5 atom stereocenters. The van der Waals surface area contributed by atoms with Gasteiger partial charge in [-0.15, -0.1) is 0 Å². The van der Waals surface area contributed by atoms with Crippen LogP contribution in [0.5, 0.6) is 0 Å². The van der Waals surface area contributed by atoms with Crippen LogP contribution in [-0.4, -0.2) is 88.1 Å². The highest BCUT2D eigenvalue weighted by Gasteiger charge is 2.27. The summed E-state index contributed by atoms with van der Waals surface area (Å²) in [4.78, 5) is 34.9. The number of carbonyl (C=O) groups excluding carboxylic acids is 2. The van der Waals surface area contributed by atoms with Crippen molar-refractivity contribution in [2.45, 2.75) is 154 Å². The predicted octanol–water partition coefficient (Wildman–Crippen LogP) is 9.16. The summed E-state index contributed by atoms with van der Waals surface area (Å²) in [6.45, 7) is 1.91. The minimum Gasteiger partial charge on any atom is -0.462 e. The molecule has 0 aromatic rings. The number of aliphatic hydroxyl groups excluding tert-OH is 4. The number of phosphoric ester groups is 1. The Balaban J connectivity index is 4.60. The molecule has 0 fully saturated rings. The zero-order valence-electron chi connectivity index (χ0n) is 35.6. The summed E-state index contributed by atoms with van der Waals surface area (Å²) >= 11 is 0. The van der Waals surface area contributed by atoms with E-state index in [0.717, 1.165) is 51.4 Å². The van der Waals surface area contributed by atoms with Gasteiger partial charge < -0.3 is 34.8 Å². The van der Waals surface area contributed by atoms with Gasteiger partial charge in [0.1, 0.15) is 12.7 Å². The number of unbranched alkanes of at least 4 members (excludes halogenated alkanes) is 8. The van der Waals surface area contributed by atoms with Crippen LogP contribution in [0.2, 0.25) is 0 Å². The summed E-state index contributed by atoms with van der Waals surface area (Å²) in [5.41, 5.74) is 0. The van der Waals surface area contributed by atoms with E-state index in [1.165, 1.54) is 19.3 Å². The molecular formula is C46H75O12P. The van der Waals surface area contributed by atoms with E-state index in [4.69, 9.17) is 19.1 Å². The lowest BCUT2D eigenvalue weighted by molar-refractivity contribution is -0.161. The summed E-state index contributed by atoms with van der Waals surface area (Å²) in [7, 11) is -4.68. The van der Waals surface area contributed by atoms with Crippen LogP contribution in [0.1, 0.15) is 129 Å². The molecule has 0 aliphatic heterocycles. The van der Waals surface area contributed by atoms with Crippen molar-refractivity contribution < 1.29 is 58.0 Å². The summed E-state index contributed by atoms with van der Waals surface area (Å²) in [5.74, 6) is -1.12. The Morgan fingerprint density at radius 3 is 1.75 bits per heavy atom. The largest absolute Gasteiger partial charge is 0.472 e. The van der Waals surface area contributed by atoms with Gasteiger partial charge in [-0.25, -0.2) is 4.57 Å². The number of phosphoric acid groups is 1. The molecule has 5 N–H and O–H groups in total. The second-order valence-corrected chi connectivity index (χ2v) is 15.5. The molecule has 0 aliphatic carbocycles. The maximum absolute atomic E-state index is 12.6. The summed E-state index contributed by atoms with van der Waals surface area (Å²) in [6, 6.07) is 0. The van der Waals surface area contributed by atoms with E-state index < -0.39 is 64.0 Å². The fourth-order valence-corrected chi connectivity index (χ4v) is 5.84. The maximum Gasteiger partial charge on any atom is 0.472 e. The SMILES string of the molecule is CC/C=C\C[C@H](O)/C=C/C=C\C=C\[C@H](O)C/C=C\C/C=C\CCC(=O)O[C@H](COC(=O)CCCCCCC/C=C\C/C=C\CCCCC)COP(=O)(O)OC[C@@H](O)CO. The number of ether oxygens (including phenoxy) is 2. The van der Waals surface area contributed by atoms with Gasteiger partial charge in [-0.1, -0.05) is 143 Å². The minimum absolute atomic E-state index is 0.00627. The molecule has 0 bridgehead atoms. The van der Waals surface area contributed by atoms with Crippen molar-refractivity contribution >= 4 is 19.8 Å². The highest BCUT2D eigenvalue weighted by Crippen LogP contribution is 2.43. The molecule has 0 spiro atoms. The van der Waals surface area contributed by atoms with Crippen molar-refractivity contribution in [2.75, 3.05) is 26.4 Å². The molecule has 0 saturated heterocycles. The number of hydrogen-bond acceptors (Lipinski definition) is 11. The van der Waals surface area contributed by atoms with Gasteiger partial charge in [0.2, 0.25) is 0 Å². The zero-order chi connectivity index (χ0) is 43.7. The monoisotopic (exact) mass is 850 g/mol. The first kappa shape index (κ1) is 55.8. The minimum atomic E-state index is -4.68. The normalized spacial score (nSPS) is 15.8. The third-order valence-corrected chi connectivity index (χ3v) is 9.35. The predicted molar refractivity (Wildman–Crippen MR) is 235 cm³/mol. The van der Waals surface area contributed by atoms with Crippen LogP contribution in [-0.2, 0) is 32.7 Å². The van der Waals surface area contributed by atoms with Gasteiger partial charge in [0.15, 0.2) is 6.10 Å². The number of esters is 2. The maximum atomic E-state index is 12.6. The Bertz CT molecular complexity index is 1330. The fraction of sp³-hybridized carbons (Fsp3) is 0.609. The van der Waals surface area contributed by atoms with Crippen molar-refractivity contribution in [1.29, 1.82) is 0 Å². The molecule has 0 saturated carbocycles. The highest BCUT2D eigenvalue weighted by atomic mass is 31.2.